The molecule has 0 bridgehead atoms. The Labute approximate surface area is 118 Å². The smallest absolute Gasteiger partial charge is 0.240 e. The molecule has 19 heavy (non-hydrogen) atoms. The second kappa shape index (κ2) is 5.66. The van der Waals surface area contributed by atoms with Crippen molar-refractivity contribution >= 4 is 27.3 Å². The molecule has 1 aromatic carbocycles. The summed E-state index contributed by atoms with van der Waals surface area (Å²) in [7, 11) is -3.57. The van der Waals surface area contributed by atoms with E-state index in [0.29, 0.717) is 24.5 Å². The number of hydrogen-bond donors (Lipinski definition) is 2. The number of hydrogen-bond acceptors (Lipinski definition) is 4. The number of nitrogen functional groups attached to an aromatic ring is 1. The molecule has 1 aliphatic heterocycles. The normalized spacial score (nSPS) is 24.3. The number of anilines is 1. The minimum atomic E-state index is -3.57. The monoisotopic (exact) mass is 304 g/mol. The van der Waals surface area contributed by atoms with Gasteiger partial charge in [-0.2, -0.15) is 0 Å². The second-order valence-corrected chi connectivity index (χ2v) is 6.83. The lowest BCUT2D eigenvalue weighted by molar-refractivity contribution is 0.0173. The van der Waals surface area contributed by atoms with Crippen LogP contribution in [-0.2, 0) is 14.8 Å². The quantitative estimate of drug-likeness (QED) is 0.834. The predicted octanol–water partition coefficient (Wildman–Crippen LogP) is 1.77. The van der Waals surface area contributed by atoms with Crippen LogP contribution in [0.5, 0.6) is 0 Å². The highest BCUT2D eigenvalue weighted by Gasteiger charge is 2.25. The third-order valence-electron chi connectivity index (χ3n) is 3.08. The van der Waals surface area contributed by atoms with Gasteiger partial charge in [0.1, 0.15) is 0 Å². The van der Waals surface area contributed by atoms with Gasteiger partial charge in [-0.1, -0.05) is 11.6 Å². The summed E-state index contributed by atoms with van der Waals surface area (Å²) in [6.07, 6.45) is 1.41. The average Bonchev–Trinajstić information content (AvgIpc) is 2.32. The Kier molecular flexibility index (Phi) is 4.35. The molecule has 1 aliphatic rings. The molecular formula is C12H17ClN2O3S. The van der Waals surface area contributed by atoms with Crippen molar-refractivity contribution in [1.29, 1.82) is 0 Å². The first-order valence-corrected chi connectivity index (χ1v) is 7.93. The van der Waals surface area contributed by atoms with Crippen molar-refractivity contribution in [3.05, 3.63) is 23.2 Å². The van der Waals surface area contributed by atoms with Crippen LogP contribution < -0.4 is 10.5 Å². The van der Waals surface area contributed by atoms with Gasteiger partial charge in [0.05, 0.1) is 21.7 Å². The summed E-state index contributed by atoms with van der Waals surface area (Å²) in [6, 6.07) is 4.19. The molecule has 3 N–H and O–H groups in total. The van der Waals surface area contributed by atoms with E-state index in [1.807, 2.05) is 6.92 Å². The Balaban J connectivity index is 2.15. The number of sulfonamides is 1. The van der Waals surface area contributed by atoms with Crippen LogP contribution in [0.1, 0.15) is 19.8 Å². The third-order valence-corrected chi connectivity index (χ3v) is 4.95. The van der Waals surface area contributed by atoms with Gasteiger partial charge in [0.25, 0.3) is 0 Å². The fraction of sp³-hybridized carbons (Fsp3) is 0.500. The Morgan fingerprint density at radius 2 is 2.21 bits per heavy atom. The topological polar surface area (TPSA) is 81.4 Å². The van der Waals surface area contributed by atoms with Gasteiger partial charge >= 0.3 is 0 Å². The number of ether oxygens (including phenoxy) is 1. The van der Waals surface area contributed by atoms with Crippen molar-refractivity contribution in [1.82, 2.24) is 4.72 Å². The van der Waals surface area contributed by atoms with Crippen molar-refractivity contribution in [2.45, 2.75) is 36.8 Å². The molecule has 1 aromatic rings. The van der Waals surface area contributed by atoms with E-state index < -0.39 is 10.0 Å². The second-order valence-electron chi connectivity index (χ2n) is 4.71. The zero-order valence-electron chi connectivity index (χ0n) is 10.6. The lowest BCUT2D eigenvalue weighted by atomic mass is 10.1. The number of halogens is 1. The van der Waals surface area contributed by atoms with Crippen LogP contribution in [0.3, 0.4) is 0 Å². The van der Waals surface area contributed by atoms with E-state index in [-0.39, 0.29) is 22.7 Å². The van der Waals surface area contributed by atoms with Crippen LogP contribution in [0.4, 0.5) is 5.69 Å². The highest BCUT2D eigenvalue weighted by Crippen LogP contribution is 2.23. The molecule has 0 aliphatic carbocycles. The van der Waals surface area contributed by atoms with Crippen molar-refractivity contribution in [3.8, 4) is 0 Å². The Morgan fingerprint density at radius 1 is 1.47 bits per heavy atom. The van der Waals surface area contributed by atoms with Gasteiger partial charge in [-0.05, 0) is 38.0 Å². The third kappa shape index (κ3) is 3.60. The molecule has 0 amide bonds. The first kappa shape index (κ1) is 14.6. The summed E-state index contributed by atoms with van der Waals surface area (Å²) in [5, 5.41) is 0.346. The SMILES string of the molecule is CC1CC(NS(=O)(=O)c2ccc(Cl)c(N)c2)CCO1. The van der Waals surface area contributed by atoms with Gasteiger partial charge in [0, 0.05) is 12.6 Å². The fourth-order valence-electron chi connectivity index (χ4n) is 2.08. The van der Waals surface area contributed by atoms with Crippen molar-refractivity contribution in [2.24, 2.45) is 0 Å². The first-order valence-electron chi connectivity index (χ1n) is 6.07. The van der Waals surface area contributed by atoms with Crippen LogP contribution in [0.2, 0.25) is 5.02 Å². The molecule has 2 unspecified atom stereocenters. The highest BCUT2D eigenvalue weighted by atomic mass is 35.5. The predicted molar refractivity (Wildman–Crippen MR) is 74.6 cm³/mol. The summed E-state index contributed by atoms with van der Waals surface area (Å²) in [5.74, 6) is 0. The molecule has 0 saturated carbocycles. The minimum Gasteiger partial charge on any atom is -0.397 e. The van der Waals surface area contributed by atoms with Gasteiger partial charge in [0.2, 0.25) is 10.0 Å². The average molecular weight is 305 g/mol. The van der Waals surface area contributed by atoms with E-state index in [4.69, 9.17) is 22.1 Å². The summed E-state index contributed by atoms with van der Waals surface area (Å²) in [5.41, 5.74) is 5.88. The molecule has 5 nitrogen and oxygen atoms in total. The molecule has 106 valence electrons. The van der Waals surface area contributed by atoms with Gasteiger partial charge in [-0.15, -0.1) is 0 Å². The van der Waals surface area contributed by atoms with Crippen LogP contribution in [-0.4, -0.2) is 27.2 Å². The molecule has 2 atom stereocenters. The number of rotatable bonds is 3. The largest absolute Gasteiger partial charge is 0.397 e. The lowest BCUT2D eigenvalue weighted by Gasteiger charge is -2.27. The fourth-order valence-corrected chi connectivity index (χ4v) is 3.52. The van der Waals surface area contributed by atoms with E-state index in [1.54, 1.807) is 0 Å². The van der Waals surface area contributed by atoms with Crippen molar-refractivity contribution in [2.75, 3.05) is 12.3 Å². The summed E-state index contributed by atoms with van der Waals surface area (Å²) in [4.78, 5) is 0.133. The van der Waals surface area contributed by atoms with Crippen LogP contribution >= 0.6 is 11.6 Å². The standard InChI is InChI=1S/C12H17ClN2O3S/c1-8-6-9(4-5-18-8)15-19(16,17)10-2-3-11(13)12(14)7-10/h2-3,7-9,15H,4-6,14H2,1H3. The maximum absolute atomic E-state index is 12.2. The molecule has 2 rings (SSSR count). The summed E-state index contributed by atoms with van der Waals surface area (Å²) in [6.45, 7) is 2.50. The van der Waals surface area contributed by atoms with E-state index in [2.05, 4.69) is 4.72 Å². The molecule has 0 aromatic heterocycles. The summed E-state index contributed by atoms with van der Waals surface area (Å²) < 4.78 is 32.5. The molecule has 1 fully saturated rings. The summed E-state index contributed by atoms with van der Waals surface area (Å²) >= 11 is 5.78. The van der Waals surface area contributed by atoms with Crippen LogP contribution in [0, 0.1) is 0 Å². The van der Waals surface area contributed by atoms with Gasteiger partial charge in [0.15, 0.2) is 0 Å². The van der Waals surface area contributed by atoms with Crippen LogP contribution in [0.25, 0.3) is 0 Å². The Bertz CT molecular complexity index is 562. The zero-order valence-corrected chi connectivity index (χ0v) is 12.2. The van der Waals surface area contributed by atoms with Gasteiger partial charge < -0.3 is 10.5 Å². The Hall–Kier alpha value is -0.820. The molecule has 0 radical (unpaired) electrons. The molecule has 1 saturated heterocycles. The molecule has 1 heterocycles. The molecule has 7 heteroatoms. The van der Waals surface area contributed by atoms with Gasteiger partial charge in [-0.25, -0.2) is 13.1 Å². The maximum atomic E-state index is 12.2. The number of nitrogens with two attached hydrogens (primary N) is 1. The van der Waals surface area contributed by atoms with E-state index in [0.717, 1.165) is 0 Å². The first-order chi connectivity index (χ1) is 8.88. The van der Waals surface area contributed by atoms with Crippen molar-refractivity contribution < 1.29 is 13.2 Å². The van der Waals surface area contributed by atoms with Crippen molar-refractivity contribution in [3.63, 3.8) is 0 Å². The van der Waals surface area contributed by atoms with Gasteiger partial charge in [-0.3, -0.25) is 0 Å². The van der Waals surface area contributed by atoms with E-state index >= 15 is 0 Å². The Morgan fingerprint density at radius 3 is 2.84 bits per heavy atom. The zero-order chi connectivity index (χ0) is 14.0. The van der Waals surface area contributed by atoms with E-state index in [1.165, 1.54) is 18.2 Å². The number of nitrogens with one attached hydrogen (secondary N) is 1. The van der Waals surface area contributed by atoms with E-state index in [9.17, 15) is 8.42 Å². The number of benzene rings is 1. The maximum Gasteiger partial charge on any atom is 0.240 e. The molecule has 0 spiro atoms. The lowest BCUT2D eigenvalue weighted by Crippen LogP contribution is -2.41. The minimum absolute atomic E-state index is 0.0664. The highest BCUT2D eigenvalue weighted by molar-refractivity contribution is 7.89. The van der Waals surface area contributed by atoms with Crippen LogP contribution in [0.15, 0.2) is 23.1 Å². The molecular weight excluding hydrogens is 288 g/mol.